The average Bonchev–Trinajstić information content (AvgIpc) is 3.47. The van der Waals surface area contributed by atoms with Crippen molar-refractivity contribution in [1.82, 2.24) is 30.2 Å². The van der Waals surface area contributed by atoms with Crippen molar-refractivity contribution >= 4 is 38.6 Å². The summed E-state index contributed by atoms with van der Waals surface area (Å²) in [6, 6.07) is 8.07. The highest BCUT2D eigenvalue weighted by Gasteiger charge is 2.23. The number of nitrogens with one attached hydrogen (secondary N) is 2. The molecule has 0 bridgehead atoms. The van der Waals surface area contributed by atoms with Crippen molar-refractivity contribution in [3.8, 4) is 10.6 Å². The van der Waals surface area contributed by atoms with Gasteiger partial charge in [-0.3, -0.25) is 4.79 Å². The number of thiazole rings is 1. The molecule has 1 aliphatic heterocycles. The van der Waals surface area contributed by atoms with Crippen LogP contribution in [0.2, 0.25) is 0 Å². The van der Waals surface area contributed by atoms with Gasteiger partial charge in [-0.05, 0) is 37.9 Å². The van der Waals surface area contributed by atoms with E-state index in [0.717, 1.165) is 56.9 Å². The van der Waals surface area contributed by atoms with Crippen molar-refractivity contribution in [2.24, 2.45) is 7.05 Å². The molecule has 1 saturated heterocycles. The second-order valence-corrected chi connectivity index (χ2v) is 8.50. The van der Waals surface area contributed by atoms with E-state index >= 15 is 0 Å². The van der Waals surface area contributed by atoms with Crippen molar-refractivity contribution in [1.29, 1.82) is 0 Å². The van der Waals surface area contributed by atoms with Gasteiger partial charge in [0.1, 0.15) is 20.9 Å². The lowest BCUT2D eigenvalue weighted by atomic mass is 10.0. The highest BCUT2D eigenvalue weighted by atomic mass is 32.1. The fourth-order valence-electron chi connectivity index (χ4n) is 3.87. The van der Waals surface area contributed by atoms with Crippen LogP contribution in [0.15, 0.2) is 36.8 Å². The second-order valence-electron chi connectivity index (χ2n) is 7.52. The maximum absolute atomic E-state index is 12.4. The predicted molar refractivity (Wildman–Crippen MR) is 115 cm³/mol. The van der Waals surface area contributed by atoms with Crippen LogP contribution in [0, 0.1) is 0 Å². The third-order valence-electron chi connectivity index (χ3n) is 5.47. The Balaban J connectivity index is 1.45. The Bertz CT molecular complexity index is 1210. The summed E-state index contributed by atoms with van der Waals surface area (Å²) in [5.74, 6) is 0.0724. The van der Waals surface area contributed by atoms with Gasteiger partial charge in [0.05, 0.1) is 30.1 Å². The molecule has 3 aromatic heterocycles. The van der Waals surface area contributed by atoms with Crippen LogP contribution >= 0.6 is 11.3 Å². The maximum Gasteiger partial charge on any atom is 0.237 e. The number of carbonyl (C=O) groups is 1. The molecule has 1 amide bonds. The van der Waals surface area contributed by atoms with E-state index in [9.17, 15) is 4.79 Å². The molecule has 7 nitrogen and oxygen atoms in total. The first-order valence-corrected chi connectivity index (χ1v) is 10.6. The summed E-state index contributed by atoms with van der Waals surface area (Å²) in [6.45, 7) is 2.93. The van der Waals surface area contributed by atoms with E-state index in [0.29, 0.717) is 0 Å². The number of aryl methyl sites for hydroxylation is 1. The monoisotopic (exact) mass is 406 g/mol. The number of amides is 1. The van der Waals surface area contributed by atoms with Crippen LogP contribution in [-0.2, 0) is 11.8 Å². The number of imidazole rings is 1. The van der Waals surface area contributed by atoms with E-state index in [1.165, 1.54) is 0 Å². The minimum absolute atomic E-state index is 0.0684. The van der Waals surface area contributed by atoms with Crippen molar-refractivity contribution in [2.75, 3.05) is 6.54 Å². The van der Waals surface area contributed by atoms with E-state index in [4.69, 9.17) is 4.98 Å². The van der Waals surface area contributed by atoms with Gasteiger partial charge < -0.3 is 15.2 Å². The van der Waals surface area contributed by atoms with Crippen molar-refractivity contribution < 1.29 is 4.79 Å². The topological polar surface area (TPSA) is 84.7 Å². The smallest absolute Gasteiger partial charge is 0.237 e. The highest BCUT2D eigenvalue weighted by molar-refractivity contribution is 7.21. The SMILES string of the molecule is C[C@H](NC(=O)[C@@H]1CCCN1)c1cccc(-c2nc3c(ncc4ncn(C)c43)s2)c1. The quantitative estimate of drug-likeness (QED) is 0.544. The number of aromatic nitrogens is 4. The first kappa shape index (κ1) is 18.2. The molecule has 1 fully saturated rings. The Morgan fingerprint density at radius 3 is 3.10 bits per heavy atom. The van der Waals surface area contributed by atoms with Crippen LogP contribution in [-0.4, -0.2) is 38.0 Å². The molecule has 29 heavy (non-hydrogen) atoms. The number of rotatable bonds is 4. The molecule has 2 N–H and O–H groups in total. The molecule has 5 rings (SSSR count). The molecule has 8 heteroatoms. The van der Waals surface area contributed by atoms with E-state index in [-0.39, 0.29) is 18.0 Å². The van der Waals surface area contributed by atoms with E-state index < -0.39 is 0 Å². The zero-order chi connectivity index (χ0) is 20.0. The van der Waals surface area contributed by atoms with E-state index in [1.54, 1.807) is 23.9 Å². The molecule has 0 saturated carbocycles. The zero-order valence-corrected chi connectivity index (χ0v) is 17.2. The molecule has 1 aliphatic rings. The number of pyridine rings is 1. The summed E-state index contributed by atoms with van der Waals surface area (Å²) < 4.78 is 1.98. The Labute approximate surface area is 172 Å². The molecule has 0 aliphatic carbocycles. The fraction of sp³-hybridized carbons (Fsp3) is 0.333. The molecule has 1 aromatic carbocycles. The largest absolute Gasteiger partial charge is 0.348 e. The van der Waals surface area contributed by atoms with Crippen LogP contribution in [0.4, 0.5) is 0 Å². The summed E-state index contributed by atoms with van der Waals surface area (Å²) in [4.78, 5) is 27.1. The lowest BCUT2D eigenvalue weighted by molar-refractivity contribution is -0.123. The zero-order valence-electron chi connectivity index (χ0n) is 16.3. The molecular weight excluding hydrogens is 384 g/mol. The summed E-state index contributed by atoms with van der Waals surface area (Å²) in [6.07, 6.45) is 5.54. The van der Waals surface area contributed by atoms with Gasteiger partial charge in [0.25, 0.3) is 0 Å². The maximum atomic E-state index is 12.4. The number of nitrogens with zero attached hydrogens (tertiary/aromatic N) is 4. The van der Waals surface area contributed by atoms with Crippen LogP contribution in [0.1, 0.15) is 31.4 Å². The van der Waals surface area contributed by atoms with E-state index in [2.05, 4.69) is 32.7 Å². The first-order chi connectivity index (χ1) is 14.1. The molecule has 0 radical (unpaired) electrons. The highest BCUT2D eigenvalue weighted by Crippen LogP contribution is 2.33. The third kappa shape index (κ3) is 3.28. The molecule has 148 valence electrons. The minimum atomic E-state index is -0.0720. The van der Waals surface area contributed by atoms with Crippen LogP contribution < -0.4 is 10.6 Å². The summed E-state index contributed by atoms with van der Waals surface area (Å²) in [5, 5.41) is 7.29. The van der Waals surface area contributed by atoms with Crippen LogP contribution in [0.3, 0.4) is 0 Å². The van der Waals surface area contributed by atoms with Crippen molar-refractivity contribution in [2.45, 2.75) is 31.8 Å². The van der Waals surface area contributed by atoms with Gasteiger partial charge >= 0.3 is 0 Å². The van der Waals surface area contributed by atoms with Gasteiger partial charge in [0, 0.05) is 12.6 Å². The Morgan fingerprint density at radius 1 is 1.38 bits per heavy atom. The average molecular weight is 407 g/mol. The standard InChI is InChI=1S/C21H22N6OS/c1-12(25-19(28)15-7-4-8-22-15)13-5-3-6-14(9-13)20-26-17-18-16(24-11-27(18)2)10-23-21(17)29-20/h3,5-6,9-12,15,22H,4,7-8H2,1-2H3,(H,25,28)/t12-,15-/m0/s1. The number of hydrogen-bond acceptors (Lipinski definition) is 6. The van der Waals surface area contributed by atoms with Crippen LogP contribution in [0.25, 0.3) is 32.0 Å². The van der Waals surface area contributed by atoms with Gasteiger partial charge in [-0.2, -0.15) is 0 Å². The van der Waals surface area contributed by atoms with Gasteiger partial charge in [0.2, 0.25) is 5.91 Å². The van der Waals surface area contributed by atoms with Crippen molar-refractivity contribution in [3.05, 3.63) is 42.4 Å². The molecule has 4 aromatic rings. The van der Waals surface area contributed by atoms with Crippen LogP contribution in [0.5, 0.6) is 0 Å². The summed E-state index contributed by atoms with van der Waals surface area (Å²) in [7, 11) is 1.97. The Morgan fingerprint density at radius 2 is 2.28 bits per heavy atom. The predicted octanol–water partition coefficient (Wildman–Crippen LogP) is 3.17. The number of benzene rings is 1. The molecule has 0 unspecified atom stereocenters. The lowest BCUT2D eigenvalue weighted by Gasteiger charge is -2.18. The van der Waals surface area contributed by atoms with Gasteiger partial charge in [-0.25, -0.2) is 15.0 Å². The summed E-state index contributed by atoms with van der Waals surface area (Å²) in [5.41, 5.74) is 4.81. The fourth-order valence-corrected chi connectivity index (χ4v) is 4.78. The van der Waals surface area contributed by atoms with Gasteiger partial charge in [0.15, 0.2) is 0 Å². The number of carbonyl (C=O) groups excluding carboxylic acids is 1. The summed E-state index contributed by atoms with van der Waals surface area (Å²) >= 11 is 1.57. The number of hydrogen-bond donors (Lipinski definition) is 2. The van der Waals surface area contributed by atoms with Gasteiger partial charge in [-0.1, -0.05) is 29.5 Å². The molecule has 4 heterocycles. The lowest BCUT2D eigenvalue weighted by Crippen LogP contribution is -2.41. The minimum Gasteiger partial charge on any atom is -0.348 e. The Hall–Kier alpha value is -2.84. The first-order valence-electron chi connectivity index (χ1n) is 9.81. The molecule has 2 atom stereocenters. The Kier molecular flexibility index (Phi) is 4.52. The van der Waals surface area contributed by atoms with E-state index in [1.807, 2.05) is 30.7 Å². The normalized spacial score (nSPS) is 17.8. The third-order valence-corrected chi connectivity index (χ3v) is 6.48. The molecule has 0 spiro atoms. The van der Waals surface area contributed by atoms with Gasteiger partial charge in [-0.15, -0.1) is 0 Å². The van der Waals surface area contributed by atoms with Crippen molar-refractivity contribution in [3.63, 3.8) is 0 Å². The number of fused-ring (bicyclic) bond motifs is 3. The second kappa shape index (κ2) is 7.20. The molecular formula is C21H22N6OS.